The number of carboxylic acids is 1. The Bertz CT molecular complexity index is 1500. The normalized spacial score (nSPS) is 13.7. The SMILES string of the molecule is Cc1c(-c2ncco2)sc2c1c(=O)n(C(C)(C)C(=O)O)c(=O)n2CC(OC(C)CO)c1ccccc1. The van der Waals surface area contributed by atoms with E-state index in [1.54, 1.807) is 13.8 Å². The second-order valence-corrected chi connectivity index (χ2v) is 10.00. The van der Waals surface area contributed by atoms with E-state index in [2.05, 4.69) is 4.98 Å². The predicted octanol–water partition coefficient (Wildman–Crippen LogP) is 3.15. The van der Waals surface area contributed by atoms with Gasteiger partial charge in [-0.1, -0.05) is 30.3 Å². The van der Waals surface area contributed by atoms with Crippen molar-refractivity contribution in [3.05, 3.63) is 74.8 Å². The van der Waals surface area contributed by atoms with Gasteiger partial charge in [-0.05, 0) is 38.8 Å². The smallest absolute Gasteiger partial charge is 0.333 e. The Balaban J connectivity index is 2.03. The van der Waals surface area contributed by atoms with Crippen LogP contribution in [0.2, 0.25) is 0 Å². The first kappa shape index (κ1) is 25.5. The first-order valence-corrected chi connectivity index (χ1v) is 12.1. The molecule has 2 N–H and O–H groups in total. The molecule has 0 saturated carbocycles. The minimum absolute atomic E-state index is 0.0232. The van der Waals surface area contributed by atoms with Gasteiger partial charge in [0.15, 0.2) is 0 Å². The maximum atomic E-state index is 13.8. The van der Waals surface area contributed by atoms with E-state index in [1.807, 2.05) is 30.3 Å². The van der Waals surface area contributed by atoms with Crippen molar-refractivity contribution in [1.82, 2.24) is 14.1 Å². The lowest BCUT2D eigenvalue weighted by Gasteiger charge is -2.26. The number of hydrogen-bond donors (Lipinski definition) is 2. The topological polar surface area (TPSA) is 137 Å². The monoisotopic (exact) mass is 513 g/mol. The van der Waals surface area contributed by atoms with Crippen molar-refractivity contribution in [1.29, 1.82) is 0 Å². The number of hydrogen-bond acceptors (Lipinski definition) is 8. The van der Waals surface area contributed by atoms with Gasteiger partial charge in [0, 0.05) is 0 Å². The van der Waals surface area contributed by atoms with Crippen LogP contribution in [0.25, 0.3) is 21.0 Å². The Kier molecular flexibility index (Phi) is 6.98. The van der Waals surface area contributed by atoms with E-state index in [-0.39, 0.29) is 18.5 Å². The van der Waals surface area contributed by atoms with E-state index in [4.69, 9.17) is 9.15 Å². The van der Waals surface area contributed by atoms with Crippen LogP contribution in [-0.4, -0.2) is 43.0 Å². The predicted molar refractivity (Wildman–Crippen MR) is 134 cm³/mol. The van der Waals surface area contributed by atoms with Gasteiger partial charge in [0.2, 0.25) is 5.89 Å². The number of aryl methyl sites for hydroxylation is 1. The summed E-state index contributed by atoms with van der Waals surface area (Å²) in [4.78, 5) is 44.6. The van der Waals surface area contributed by atoms with Crippen molar-refractivity contribution in [2.75, 3.05) is 6.61 Å². The fraction of sp³-hybridized carbons (Fsp3) is 0.360. The second kappa shape index (κ2) is 9.84. The van der Waals surface area contributed by atoms with E-state index >= 15 is 0 Å². The van der Waals surface area contributed by atoms with Crippen LogP contribution in [0.1, 0.15) is 38.0 Å². The van der Waals surface area contributed by atoms with Gasteiger partial charge in [0.1, 0.15) is 22.7 Å². The quantitative estimate of drug-likeness (QED) is 0.348. The number of aliphatic hydroxyl groups excluding tert-OH is 1. The average Bonchev–Trinajstić information content (AvgIpc) is 3.49. The molecule has 0 bridgehead atoms. The van der Waals surface area contributed by atoms with Gasteiger partial charge in [-0.25, -0.2) is 19.1 Å². The summed E-state index contributed by atoms with van der Waals surface area (Å²) in [6.45, 7) is 5.79. The zero-order chi connectivity index (χ0) is 26.2. The molecule has 10 nitrogen and oxygen atoms in total. The molecule has 4 aromatic rings. The Morgan fingerprint density at radius 3 is 2.53 bits per heavy atom. The van der Waals surface area contributed by atoms with E-state index in [0.717, 1.165) is 10.1 Å². The number of carbonyl (C=O) groups is 1. The molecule has 0 saturated heterocycles. The van der Waals surface area contributed by atoms with Crippen molar-refractivity contribution >= 4 is 27.5 Å². The number of nitrogens with zero attached hydrogens (tertiary/aromatic N) is 3. The van der Waals surface area contributed by atoms with Crippen molar-refractivity contribution in [3.8, 4) is 10.8 Å². The number of ether oxygens (including phenoxy) is 1. The number of benzene rings is 1. The van der Waals surface area contributed by atoms with Crippen LogP contribution in [0.4, 0.5) is 0 Å². The molecule has 0 aliphatic heterocycles. The highest BCUT2D eigenvalue weighted by atomic mass is 32.1. The third-order valence-electron chi connectivity index (χ3n) is 6.09. The average molecular weight is 514 g/mol. The molecule has 2 unspecified atom stereocenters. The summed E-state index contributed by atoms with van der Waals surface area (Å²) >= 11 is 1.17. The van der Waals surface area contributed by atoms with Crippen molar-refractivity contribution in [3.63, 3.8) is 0 Å². The third-order valence-corrected chi connectivity index (χ3v) is 7.40. The zero-order valence-corrected chi connectivity index (χ0v) is 21.1. The molecular formula is C25H27N3O7S. The molecule has 2 atom stereocenters. The fourth-order valence-electron chi connectivity index (χ4n) is 4.02. The molecule has 0 amide bonds. The molecule has 190 valence electrons. The van der Waals surface area contributed by atoms with E-state index < -0.39 is 35.0 Å². The Morgan fingerprint density at radius 2 is 1.94 bits per heavy atom. The first-order valence-electron chi connectivity index (χ1n) is 11.3. The van der Waals surface area contributed by atoms with Crippen LogP contribution in [0, 0.1) is 6.92 Å². The van der Waals surface area contributed by atoms with E-state index in [9.17, 15) is 24.6 Å². The largest absolute Gasteiger partial charge is 0.480 e. The lowest BCUT2D eigenvalue weighted by atomic mass is 10.1. The van der Waals surface area contributed by atoms with Crippen LogP contribution in [0.5, 0.6) is 0 Å². The molecule has 0 radical (unpaired) electrons. The summed E-state index contributed by atoms with van der Waals surface area (Å²) in [6, 6.07) is 9.19. The van der Waals surface area contributed by atoms with Crippen LogP contribution in [0.15, 0.2) is 56.8 Å². The standard InChI is InChI=1S/C25H27N3O7S/c1-14(13-29)35-17(16-8-6-5-7-9-16)12-27-22-18(15(2)19(36-22)20-26-10-11-34-20)21(30)28(24(27)33)25(3,4)23(31)32/h5-11,14,17,29H,12-13H2,1-4H3,(H,31,32). The highest BCUT2D eigenvalue weighted by molar-refractivity contribution is 7.22. The lowest BCUT2D eigenvalue weighted by molar-refractivity contribution is -0.146. The molecule has 0 fully saturated rings. The number of thiophene rings is 1. The Morgan fingerprint density at radius 1 is 1.25 bits per heavy atom. The molecule has 0 spiro atoms. The Hall–Kier alpha value is -3.54. The molecule has 36 heavy (non-hydrogen) atoms. The van der Waals surface area contributed by atoms with Crippen LogP contribution in [-0.2, 0) is 21.6 Å². The van der Waals surface area contributed by atoms with Crippen molar-refractivity contribution < 1.29 is 24.2 Å². The van der Waals surface area contributed by atoms with Crippen molar-refractivity contribution in [2.24, 2.45) is 0 Å². The molecule has 0 aliphatic carbocycles. The number of rotatable bonds is 9. The summed E-state index contributed by atoms with van der Waals surface area (Å²) in [5.41, 5.74) is -2.00. The summed E-state index contributed by atoms with van der Waals surface area (Å²) in [5.74, 6) is -1.03. The number of carboxylic acid groups (broad SMARTS) is 1. The van der Waals surface area contributed by atoms with Crippen LogP contribution in [0.3, 0.4) is 0 Å². The number of aromatic nitrogens is 3. The van der Waals surface area contributed by atoms with Gasteiger partial charge in [0.25, 0.3) is 5.56 Å². The number of aliphatic carboxylic acids is 1. The molecule has 3 aromatic heterocycles. The number of oxazole rings is 1. The summed E-state index contributed by atoms with van der Waals surface area (Å²) in [5, 5.41) is 19.7. The number of fused-ring (bicyclic) bond motifs is 1. The first-order chi connectivity index (χ1) is 17.1. The molecule has 11 heteroatoms. The maximum absolute atomic E-state index is 13.8. The van der Waals surface area contributed by atoms with E-state index in [1.165, 1.54) is 42.2 Å². The molecular weight excluding hydrogens is 486 g/mol. The van der Waals surface area contributed by atoms with Crippen LogP contribution < -0.4 is 11.2 Å². The highest BCUT2D eigenvalue weighted by Gasteiger charge is 2.36. The molecule has 4 rings (SSSR count). The minimum atomic E-state index is -1.82. The van der Waals surface area contributed by atoms with Gasteiger partial charge in [0.05, 0.1) is 35.7 Å². The molecule has 1 aromatic carbocycles. The summed E-state index contributed by atoms with van der Waals surface area (Å²) in [7, 11) is 0. The highest BCUT2D eigenvalue weighted by Crippen LogP contribution is 2.36. The maximum Gasteiger partial charge on any atom is 0.333 e. The third kappa shape index (κ3) is 4.41. The summed E-state index contributed by atoms with van der Waals surface area (Å²) in [6.07, 6.45) is 1.69. The van der Waals surface area contributed by atoms with Crippen LogP contribution >= 0.6 is 11.3 Å². The van der Waals surface area contributed by atoms with Gasteiger partial charge in [-0.15, -0.1) is 11.3 Å². The minimum Gasteiger partial charge on any atom is -0.480 e. The van der Waals surface area contributed by atoms with Gasteiger partial charge in [-0.3, -0.25) is 9.36 Å². The van der Waals surface area contributed by atoms with Gasteiger partial charge in [-0.2, -0.15) is 0 Å². The van der Waals surface area contributed by atoms with Gasteiger partial charge < -0.3 is 19.4 Å². The molecule has 0 aliphatic rings. The van der Waals surface area contributed by atoms with E-state index in [0.29, 0.717) is 21.2 Å². The Labute approximate surface area is 210 Å². The fourth-order valence-corrected chi connectivity index (χ4v) is 5.26. The zero-order valence-electron chi connectivity index (χ0n) is 20.3. The van der Waals surface area contributed by atoms with Gasteiger partial charge >= 0.3 is 11.7 Å². The van der Waals surface area contributed by atoms with Crippen molar-refractivity contribution in [2.45, 2.75) is 52.0 Å². The molecule has 3 heterocycles. The summed E-state index contributed by atoms with van der Waals surface area (Å²) < 4.78 is 13.7. The number of aliphatic hydroxyl groups is 1. The second-order valence-electron chi connectivity index (χ2n) is 9.00. The lowest BCUT2D eigenvalue weighted by Crippen LogP contribution is -2.52.